The molecule has 0 spiro atoms. The van der Waals surface area contributed by atoms with E-state index in [1.807, 2.05) is 0 Å². The molecule has 0 N–H and O–H groups in total. The highest BCUT2D eigenvalue weighted by atomic mass is 35.5. The van der Waals surface area contributed by atoms with Crippen molar-refractivity contribution in [2.75, 3.05) is 0 Å². The van der Waals surface area contributed by atoms with E-state index in [0.717, 1.165) is 19.5 Å². The van der Waals surface area contributed by atoms with Crippen molar-refractivity contribution in [3.05, 3.63) is 71.8 Å². The molecule has 0 aliphatic heterocycles. The van der Waals surface area contributed by atoms with E-state index in [9.17, 15) is 0 Å². The Bertz CT molecular complexity index is 660. The molecule has 0 radical (unpaired) electrons. The van der Waals surface area contributed by atoms with Gasteiger partial charge in [-0.15, -0.1) is 11.6 Å². The van der Waals surface area contributed by atoms with E-state index in [4.69, 9.17) is 11.6 Å². The Morgan fingerprint density at radius 1 is 0.588 bits per heavy atom. The summed E-state index contributed by atoms with van der Waals surface area (Å²) in [6, 6.07) is 21.9. The van der Waals surface area contributed by atoms with Crippen LogP contribution in [0.25, 0.3) is 0 Å². The van der Waals surface area contributed by atoms with Crippen molar-refractivity contribution in [3.8, 4) is 0 Å². The molecule has 2 heteroatoms. The summed E-state index contributed by atoms with van der Waals surface area (Å²) < 4.78 is 0. The van der Waals surface area contributed by atoms with E-state index in [2.05, 4.69) is 79.4 Å². The lowest BCUT2D eigenvalue weighted by atomic mass is 10.0. The number of rotatable bonds is 20. The molecular formula is C32H50ClN. The SMILES string of the molecule is CCCCCCCCCCCCCCC[C@@H](Cl)[C@H](C)N(Cc1ccccc1)Cc1ccccc1. The van der Waals surface area contributed by atoms with E-state index < -0.39 is 0 Å². The summed E-state index contributed by atoms with van der Waals surface area (Å²) in [6.45, 7) is 6.49. The van der Waals surface area contributed by atoms with Crippen LogP contribution in [0.15, 0.2) is 60.7 Å². The molecule has 1 nitrogen and oxygen atoms in total. The van der Waals surface area contributed by atoms with Gasteiger partial charge in [-0.25, -0.2) is 0 Å². The summed E-state index contributed by atoms with van der Waals surface area (Å²) in [5.74, 6) is 0. The average molecular weight is 484 g/mol. The molecule has 0 aliphatic rings. The molecule has 2 atom stereocenters. The van der Waals surface area contributed by atoms with Crippen molar-refractivity contribution in [2.24, 2.45) is 0 Å². The zero-order chi connectivity index (χ0) is 24.3. The quantitative estimate of drug-likeness (QED) is 0.134. The third kappa shape index (κ3) is 13.0. The summed E-state index contributed by atoms with van der Waals surface area (Å²) in [5.41, 5.74) is 2.71. The number of nitrogens with zero attached hydrogens (tertiary/aromatic N) is 1. The zero-order valence-corrected chi connectivity index (χ0v) is 22.8. The van der Waals surface area contributed by atoms with Gasteiger partial charge in [-0.3, -0.25) is 4.90 Å². The molecule has 2 aromatic rings. The van der Waals surface area contributed by atoms with Crippen molar-refractivity contribution in [2.45, 2.75) is 128 Å². The third-order valence-electron chi connectivity index (χ3n) is 7.14. The van der Waals surface area contributed by atoms with Gasteiger partial charge in [0.2, 0.25) is 0 Å². The maximum Gasteiger partial charge on any atom is 0.0489 e. The van der Waals surface area contributed by atoms with Gasteiger partial charge in [0.15, 0.2) is 0 Å². The highest BCUT2D eigenvalue weighted by Crippen LogP contribution is 2.22. The van der Waals surface area contributed by atoms with E-state index >= 15 is 0 Å². The van der Waals surface area contributed by atoms with Crippen molar-refractivity contribution < 1.29 is 0 Å². The molecule has 0 heterocycles. The highest BCUT2D eigenvalue weighted by Gasteiger charge is 2.22. The topological polar surface area (TPSA) is 3.24 Å². The van der Waals surface area contributed by atoms with Crippen LogP contribution in [-0.4, -0.2) is 16.3 Å². The minimum absolute atomic E-state index is 0.195. The van der Waals surface area contributed by atoms with Crippen LogP contribution in [0.5, 0.6) is 0 Å². The van der Waals surface area contributed by atoms with Gasteiger partial charge in [0.1, 0.15) is 0 Å². The molecule has 0 fully saturated rings. The molecule has 0 bridgehead atoms. The molecule has 190 valence electrons. The first-order valence-corrected chi connectivity index (χ1v) is 14.6. The minimum Gasteiger partial charge on any atom is -0.291 e. The first kappa shape index (κ1) is 28.9. The normalized spacial score (nSPS) is 13.3. The van der Waals surface area contributed by atoms with E-state index in [-0.39, 0.29) is 5.38 Å². The molecule has 0 amide bonds. The van der Waals surface area contributed by atoms with Gasteiger partial charge in [-0.2, -0.15) is 0 Å². The van der Waals surface area contributed by atoms with Crippen LogP contribution in [0.4, 0.5) is 0 Å². The molecule has 34 heavy (non-hydrogen) atoms. The summed E-state index contributed by atoms with van der Waals surface area (Å²) in [4.78, 5) is 2.55. The van der Waals surface area contributed by atoms with Gasteiger partial charge in [-0.1, -0.05) is 151 Å². The molecule has 0 saturated carbocycles. The van der Waals surface area contributed by atoms with E-state index in [1.165, 1.54) is 94.6 Å². The van der Waals surface area contributed by atoms with Crippen molar-refractivity contribution in [1.82, 2.24) is 4.90 Å². The van der Waals surface area contributed by atoms with Gasteiger partial charge in [0.25, 0.3) is 0 Å². The molecule has 2 rings (SSSR count). The Kier molecular flexibility index (Phi) is 16.1. The van der Waals surface area contributed by atoms with Crippen LogP contribution in [-0.2, 0) is 13.1 Å². The number of halogens is 1. The van der Waals surface area contributed by atoms with E-state index in [0.29, 0.717) is 6.04 Å². The predicted octanol–water partition coefficient (Wildman–Crippen LogP) is 10.2. The highest BCUT2D eigenvalue weighted by molar-refractivity contribution is 6.21. The average Bonchev–Trinajstić information content (AvgIpc) is 2.87. The first-order chi connectivity index (χ1) is 16.7. The monoisotopic (exact) mass is 483 g/mol. The second-order valence-corrected chi connectivity index (χ2v) is 10.7. The van der Waals surface area contributed by atoms with Crippen LogP contribution in [0.1, 0.15) is 115 Å². The molecule has 0 aliphatic carbocycles. The van der Waals surface area contributed by atoms with Crippen molar-refractivity contribution in [3.63, 3.8) is 0 Å². The van der Waals surface area contributed by atoms with Crippen LogP contribution in [0, 0.1) is 0 Å². The fourth-order valence-electron chi connectivity index (χ4n) is 4.81. The second kappa shape index (κ2) is 18.9. The number of hydrogen-bond donors (Lipinski definition) is 0. The Labute approximate surface area is 216 Å². The predicted molar refractivity (Wildman–Crippen MR) is 152 cm³/mol. The third-order valence-corrected chi connectivity index (χ3v) is 7.72. The van der Waals surface area contributed by atoms with E-state index in [1.54, 1.807) is 0 Å². The zero-order valence-electron chi connectivity index (χ0n) is 22.1. The van der Waals surface area contributed by atoms with Gasteiger partial charge in [0, 0.05) is 24.5 Å². The standard InChI is InChI=1S/C32H50ClN/c1-3-4-5-6-7-8-9-10-11-12-13-14-21-26-32(33)29(2)34(27-30-22-17-15-18-23-30)28-31-24-19-16-20-25-31/h15-20,22-25,29,32H,3-14,21,26-28H2,1-2H3/t29-,32+/m0/s1. The van der Waals surface area contributed by atoms with Gasteiger partial charge in [-0.05, 0) is 24.5 Å². The second-order valence-electron chi connectivity index (χ2n) is 10.2. The summed E-state index contributed by atoms with van der Waals surface area (Å²) in [7, 11) is 0. The lowest BCUT2D eigenvalue weighted by Gasteiger charge is -2.32. The molecule has 0 aromatic heterocycles. The Morgan fingerprint density at radius 3 is 1.38 bits per heavy atom. The lowest BCUT2D eigenvalue weighted by Crippen LogP contribution is -2.38. The maximum absolute atomic E-state index is 6.96. The van der Waals surface area contributed by atoms with Crippen LogP contribution in [0.3, 0.4) is 0 Å². The fourth-order valence-corrected chi connectivity index (χ4v) is 5.12. The fraction of sp³-hybridized carbons (Fsp3) is 0.625. The minimum atomic E-state index is 0.195. The van der Waals surface area contributed by atoms with Crippen LogP contribution in [0.2, 0.25) is 0 Å². The molecular weight excluding hydrogens is 434 g/mol. The van der Waals surface area contributed by atoms with Crippen molar-refractivity contribution >= 4 is 11.6 Å². The van der Waals surface area contributed by atoms with Gasteiger partial charge < -0.3 is 0 Å². The number of alkyl halides is 1. The Hall–Kier alpha value is -1.31. The summed E-state index contributed by atoms with van der Waals surface area (Å²) in [6.07, 6.45) is 19.3. The smallest absolute Gasteiger partial charge is 0.0489 e. The molecule has 0 unspecified atom stereocenters. The largest absolute Gasteiger partial charge is 0.291 e. The lowest BCUT2D eigenvalue weighted by molar-refractivity contribution is 0.181. The number of hydrogen-bond acceptors (Lipinski definition) is 1. The van der Waals surface area contributed by atoms with Crippen molar-refractivity contribution in [1.29, 1.82) is 0 Å². The molecule has 2 aromatic carbocycles. The van der Waals surface area contributed by atoms with Gasteiger partial charge in [0.05, 0.1) is 0 Å². The summed E-state index contributed by atoms with van der Waals surface area (Å²) in [5, 5.41) is 0.195. The Balaban J connectivity index is 1.63. The molecule has 0 saturated heterocycles. The van der Waals surface area contributed by atoms with Crippen LogP contribution >= 0.6 is 11.6 Å². The Morgan fingerprint density at radius 2 is 0.971 bits per heavy atom. The first-order valence-electron chi connectivity index (χ1n) is 14.2. The number of unbranched alkanes of at least 4 members (excludes halogenated alkanes) is 12. The maximum atomic E-state index is 6.96. The van der Waals surface area contributed by atoms with Crippen LogP contribution < -0.4 is 0 Å². The summed E-state index contributed by atoms with van der Waals surface area (Å²) >= 11 is 6.96. The van der Waals surface area contributed by atoms with Gasteiger partial charge >= 0.3 is 0 Å². The number of benzene rings is 2.